The second-order valence-electron chi connectivity index (χ2n) is 5.42. The van der Waals surface area contributed by atoms with E-state index in [4.69, 9.17) is 5.73 Å². The van der Waals surface area contributed by atoms with Crippen LogP contribution in [-0.2, 0) is 14.3 Å². The van der Waals surface area contributed by atoms with Crippen LogP contribution in [0.5, 0.6) is 0 Å². The maximum atomic E-state index is 12.3. The molecule has 2 atom stereocenters. The van der Waals surface area contributed by atoms with Crippen LogP contribution < -0.4 is 5.73 Å². The Morgan fingerprint density at radius 2 is 1.84 bits per heavy atom. The van der Waals surface area contributed by atoms with Gasteiger partial charge in [0, 0.05) is 13.1 Å². The lowest BCUT2D eigenvalue weighted by molar-refractivity contribution is -0.142. The molecule has 5 nitrogen and oxygen atoms in total. The molecule has 112 valence electrons. The molecule has 1 unspecified atom stereocenters. The highest BCUT2D eigenvalue weighted by Crippen LogP contribution is 2.11. The molecule has 0 aliphatic carbocycles. The van der Waals surface area contributed by atoms with Crippen LogP contribution in [0.3, 0.4) is 0 Å². The molecule has 1 amide bonds. The molecule has 0 bridgehead atoms. The van der Waals surface area contributed by atoms with Crippen molar-refractivity contribution in [2.45, 2.75) is 46.6 Å². The van der Waals surface area contributed by atoms with Gasteiger partial charge in [-0.25, -0.2) is 0 Å². The van der Waals surface area contributed by atoms with Crippen molar-refractivity contribution in [2.75, 3.05) is 20.2 Å². The Balaban J connectivity index is 4.64. The number of amides is 1. The number of nitrogens with two attached hydrogens (primary N) is 1. The zero-order valence-corrected chi connectivity index (χ0v) is 12.8. The van der Waals surface area contributed by atoms with E-state index in [0.29, 0.717) is 19.0 Å². The zero-order chi connectivity index (χ0) is 15.0. The average molecular weight is 272 g/mol. The SMILES string of the molecule is CCC(C)[C@H](N)C(=O)N(CCC(=O)OC)CC(C)C. The maximum Gasteiger partial charge on any atom is 0.307 e. The lowest BCUT2D eigenvalue weighted by atomic mass is 9.98. The van der Waals surface area contributed by atoms with E-state index in [-0.39, 0.29) is 24.2 Å². The highest BCUT2D eigenvalue weighted by molar-refractivity contribution is 5.82. The number of esters is 1. The van der Waals surface area contributed by atoms with E-state index in [1.165, 1.54) is 7.11 Å². The van der Waals surface area contributed by atoms with Gasteiger partial charge in [-0.15, -0.1) is 0 Å². The van der Waals surface area contributed by atoms with Crippen molar-refractivity contribution in [1.29, 1.82) is 0 Å². The molecule has 0 heterocycles. The van der Waals surface area contributed by atoms with Gasteiger partial charge in [0.15, 0.2) is 0 Å². The summed E-state index contributed by atoms with van der Waals surface area (Å²) in [5, 5.41) is 0. The van der Waals surface area contributed by atoms with Crippen molar-refractivity contribution >= 4 is 11.9 Å². The van der Waals surface area contributed by atoms with Gasteiger partial charge in [0.1, 0.15) is 0 Å². The van der Waals surface area contributed by atoms with Gasteiger partial charge in [0.2, 0.25) is 5.91 Å². The van der Waals surface area contributed by atoms with E-state index in [9.17, 15) is 9.59 Å². The van der Waals surface area contributed by atoms with Crippen molar-refractivity contribution in [3.8, 4) is 0 Å². The first-order valence-corrected chi connectivity index (χ1v) is 6.94. The van der Waals surface area contributed by atoms with E-state index in [1.807, 2.05) is 27.7 Å². The molecule has 0 fully saturated rings. The third-order valence-corrected chi connectivity index (χ3v) is 3.25. The van der Waals surface area contributed by atoms with Crippen molar-refractivity contribution in [1.82, 2.24) is 4.90 Å². The standard InChI is InChI=1S/C14H28N2O3/c1-6-11(4)13(15)14(18)16(9-10(2)3)8-7-12(17)19-5/h10-11,13H,6-9,15H2,1-5H3/t11?,13-/m0/s1. The molecule has 5 heteroatoms. The van der Waals surface area contributed by atoms with E-state index >= 15 is 0 Å². The van der Waals surface area contributed by atoms with Crippen molar-refractivity contribution in [2.24, 2.45) is 17.6 Å². The summed E-state index contributed by atoms with van der Waals surface area (Å²) < 4.78 is 4.61. The molecule has 0 aromatic rings. The van der Waals surface area contributed by atoms with Crippen molar-refractivity contribution < 1.29 is 14.3 Å². The number of ether oxygens (including phenoxy) is 1. The zero-order valence-electron chi connectivity index (χ0n) is 12.8. The molecule has 0 rings (SSSR count). The van der Waals surface area contributed by atoms with Crippen LogP contribution in [0, 0.1) is 11.8 Å². The quantitative estimate of drug-likeness (QED) is 0.678. The Morgan fingerprint density at radius 1 is 1.26 bits per heavy atom. The number of carbonyl (C=O) groups excluding carboxylic acids is 2. The fraction of sp³-hybridized carbons (Fsp3) is 0.857. The molecule has 0 radical (unpaired) electrons. The van der Waals surface area contributed by atoms with Gasteiger partial charge in [-0.2, -0.15) is 0 Å². The third-order valence-electron chi connectivity index (χ3n) is 3.25. The monoisotopic (exact) mass is 272 g/mol. The molecule has 0 spiro atoms. The Labute approximate surface area is 116 Å². The molecule has 0 aromatic carbocycles. The predicted molar refractivity (Wildman–Crippen MR) is 75.5 cm³/mol. The summed E-state index contributed by atoms with van der Waals surface area (Å²) in [7, 11) is 1.35. The van der Waals surface area contributed by atoms with E-state index < -0.39 is 6.04 Å². The fourth-order valence-corrected chi connectivity index (χ4v) is 1.77. The van der Waals surface area contributed by atoms with E-state index in [1.54, 1.807) is 4.90 Å². The minimum Gasteiger partial charge on any atom is -0.469 e. The van der Waals surface area contributed by atoms with Gasteiger partial charge >= 0.3 is 5.97 Å². The topological polar surface area (TPSA) is 72.6 Å². The summed E-state index contributed by atoms with van der Waals surface area (Å²) in [5.74, 6) is 0.0941. The largest absolute Gasteiger partial charge is 0.469 e. The fourth-order valence-electron chi connectivity index (χ4n) is 1.77. The van der Waals surface area contributed by atoms with Crippen LogP contribution in [0.25, 0.3) is 0 Å². The summed E-state index contributed by atoms with van der Waals surface area (Å²) in [6.07, 6.45) is 1.07. The second kappa shape index (κ2) is 8.91. The van der Waals surface area contributed by atoms with E-state index in [0.717, 1.165) is 6.42 Å². The first-order valence-electron chi connectivity index (χ1n) is 6.94. The van der Waals surface area contributed by atoms with Crippen LogP contribution in [0.15, 0.2) is 0 Å². The van der Waals surface area contributed by atoms with Crippen LogP contribution in [0.2, 0.25) is 0 Å². The third kappa shape index (κ3) is 6.57. The molecular weight excluding hydrogens is 244 g/mol. The van der Waals surface area contributed by atoms with Gasteiger partial charge in [-0.1, -0.05) is 34.1 Å². The molecule has 0 saturated carbocycles. The molecule has 0 saturated heterocycles. The van der Waals surface area contributed by atoms with Crippen LogP contribution in [0.4, 0.5) is 0 Å². The minimum atomic E-state index is -0.499. The van der Waals surface area contributed by atoms with Gasteiger partial charge in [0.05, 0.1) is 19.6 Å². The minimum absolute atomic E-state index is 0.0769. The smallest absolute Gasteiger partial charge is 0.307 e. The van der Waals surface area contributed by atoms with Crippen LogP contribution in [-0.4, -0.2) is 43.0 Å². The summed E-state index contributed by atoms with van der Waals surface area (Å²) in [4.78, 5) is 25.2. The number of rotatable bonds is 8. The Kier molecular flexibility index (Phi) is 8.39. The predicted octanol–water partition coefficient (Wildman–Crippen LogP) is 1.41. The van der Waals surface area contributed by atoms with Gasteiger partial charge in [0.25, 0.3) is 0 Å². The summed E-state index contributed by atoms with van der Waals surface area (Å²) in [6.45, 7) is 9.03. The van der Waals surface area contributed by atoms with Gasteiger partial charge in [-0.05, 0) is 11.8 Å². The van der Waals surface area contributed by atoms with Crippen LogP contribution >= 0.6 is 0 Å². The Morgan fingerprint density at radius 3 is 2.26 bits per heavy atom. The van der Waals surface area contributed by atoms with E-state index in [2.05, 4.69) is 4.74 Å². The number of hydrogen-bond donors (Lipinski definition) is 1. The highest BCUT2D eigenvalue weighted by Gasteiger charge is 2.25. The summed E-state index contributed by atoms with van der Waals surface area (Å²) in [5.41, 5.74) is 5.98. The number of hydrogen-bond acceptors (Lipinski definition) is 4. The number of carbonyl (C=O) groups is 2. The number of nitrogens with zero attached hydrogens (tertiary/aromatic N) is 1. The first-order chi connectivity index (χ1) is 8.83. The highest BCUT2D eigenvalue weighted by atomic mass is 16.5. The Hall–Kier alpha value is -1.10. The molecule has 2 N–H and O–H groups in total. The summed E-state index contributed by atoms with van der Waals surface area (Å²) >= 11 is 0. The molecule has 0 aliphatic heterocycles. The lowest BCUT2D eigenvalue weighted by Crippen LogP contribution is -2.48. The number of methoxy groups -OCH3 is 1. The lowest BCUT2D eigenvalue weighted by Gasteiger charge is -2.29. The average Bonchev–Trinajstić information content (AvgIpc) is 2.39. The Bertz CT molecular complexity index is 292. The van der Waals surface area contributed by atoms with Crippen molar-refractivity contribution in [3.63, 3.8) is 0 Å². The normalized spacial score (nSPS) is 14.1. The maximum absolute atomic E-state index is 12.3. The molecule has 0 aromatic heterocycles. The molecule has 19 heavy (non-hydrogen) atoms. The summed E-state index contributed by atoms with van der Waals surface area (Å²) in [6, 6.07) is -0.499. The van der Waals surface area contributed by atoms with Crippen molar-refractivity contribution in [3.05, 3.63) is 0 Å². The molecular formula is C14H28N2O3. The van der Waals surface area contributed by atoms with Gasteiger partial charge < -0.3 is 15.4 Å². The van der Waals surface area contributed by atoms with Gasteiger partial charge in [-0.3, -0.25) is 9.59 Å². The first kappa shape index (κ1) is 17.9. The second-order valence-corrected chi connectivity index (χ2v) is 5.42. The van der Waals surface area contributed by atoms with Crippen LogP contribution in [0.1, 0.15) is 40.5 Å². The molecule has 0 aliphatic rings.